The van der Waals surface area contributed by atoms with Crippen LogP contribution >= 0.6 is 0 Å². The van der Waals surface area contributed by atoms with Crippen molar-refractivity contribution in [3.8, 4) is 0 Å². The van der Waals surface area contributed by atoms with Gasteiger partial charge in [-0.1, -0.05) is 12.1 Å². The number of carbonyl (C=O) groups excluding carboxylic acids is 2. The molecule has 1 aliphatic rings. The SMILES string of the molecule is O=C(Nc1ccc(F)cc1)C(=O)N1CCN(c2ccccc2F)CC1. The van der Waals surface area contributed by atoms with Gasteiger partial charge in [0.05, 0.1) is 5.69 Å². The third-order valence-corrected chi connectivity index (χ3v) is 4.06. The van der Waals surface area contributed by atoms with Crippen LogP contribution in [0.5, 0.6) is 0 Å². The molecule has 3 rings (SSSR count). The van der Waals surface area contributed by atoms with Crippen molar-refractivity contribution in [3.05, 3.63) is 60.2 Å². The molecule has 1 aliphatic heterocycles. The Hall–Kier alpha value is -2.96. The maximum absolute atomic E-state index is 13.8. The maximum atomic E-state index is 13.8. The number of hydrogen-bond acceptors (Lipinski definition) is 3. The molecule has 0 aliphatic carbocycles. The molecule has 1 fully saturated rings. The van der Waals surface area contributed by atoms with E-state index in [1.165, 1.54) is 35.2 Å². The number of rotatable bonds is 2. The van der Waals surface area contributed by atoms with Crippen LogP contribution in [0.1, 0.15) is 0 Å². The van der Waals surface area contributed by atoms with Crippen molar-refractivity contribution in [2.45, 2.75) is 0 Å². The Bertz CT molecular complexity index is 772. The lowest BCUT2D eigenvalue weighted by molar-refractivity contribution is -0.143. The van der Waals surface area contributed by atoms with Gasteiger partial charge in [-0.2, -0.15) is 0 Å². The molecule has 25 heavy (non-hydrogen) atoms. The van der Waals surface area contributed by atoms with Crippen molar-refractivity contribution in [2.75, 3.05) is 36.4 Å². The van der Waals surface area contributed by atoms with Gasteiger partial charge in [-0.05, 0) is 36.4 Å². The third kappa shape index (κ3) is 3.93. The molecule has 2 amide bonds. The summed E-state index contributed by atoms with van der Waals surface area (Å²) in [5, 5.41) is 2.45. The van der Waals surface area contributed by atoms with Crippen molar-refractivity contribution < 1.29 is 18.4 Å². The summed E-state index contributed by atoms with van der Waals surface area (Å²) in [6.07, 6.45) is 0. The fourth-order valence-electron chi connectivity index (χ4n) is 2.72. The molecule has 5 nitrogen and oxygen atoms in total. The van der Waals surface area contributed by atoms with E-state index in [1.54, 1.807) is 18.2 Å². The number of halogens is 2. The topological polar surface area (TPSA) is 52.7 Å². The zero-order valence-corrected chi connectivity index (χ0v) is 13.4. The van der Waals surface area contributed by atoms with Gasteiger partial charge < -0.3 is 15.1 Å². The normalized spacial score (nSPS) is 14.3. The minimum absolute atomic E-state index is 0.309. The summed E-state index contributed by atoms with van der Waals surface area (Å²) in [5.74, 6) is -2.16. The lowest BCUT2D eigenvalue weighted by atomic mass is 10.2. The second-order valence-electron chi connectivity index (χ2n) is 5.69. The van der Waals surface area contributed by atoms with E-state index in [2.05, 4.69) is 5.32 Å². The lowest BCUT2D eigenvalue weighted by Gasteiger charge is -2.35. The maximum Gasteiger partial charge on any atom is 0.313 e. The van der Waals surface area contributed by atoms with Crippen molar-refractivity contribution in [2.24, 2.45) is 0 Å². The molecule has 130 valence electrons. The minimum Gasteiger partial charge on any atom is -0.366 e. The number of para-hydroxylation sites is 1. The number of piperazine rings is 1. The quantitative estimate of drug-likeness (QED) is 0.850. The molecule has 7 heteroatoms. The number of anilines is 2. The van der Waals surface area contributed by atoms with Gasteiger partial charge in [0, 0.05) is 31.9 Å². The van der Waals surface area contributed by atoms with Crippen LogP contribution in [0.15, 0.2) is 48.5 Å². The van der Waals surface area contributed by atoms with Crippen molar-refractivity contribution in [1.29, 1.82) is 0 Å². The number of carbonyl (C=O) groups is 2. The third-order valence-electron chi connectivity index (χ3n) is 4.06. The van der Waals surface area contributed by atoms with Gasteiger partial charge in [0.15, 0.2) is 0 Å². The van der Waals surface area contributed by atoms with E-state index in [4.69, 9.17) is 0 Å². The molecule has 0 aromatic heterocycles. The van der Waals surface area contributed by atoms with Crippen molar-refractivity contribution >= 4 is 23.2 Å². The number of hydrogen-bond donors (Lipinski definition) is 1. The van der Waals surface area contributed by atoms with Crippen LogP contribution < -0.4 is 10.2 Å². The predicted molar refractivity (Wildman–Crippen MR) is 90.2 cm³/mol. The summed E-state index contributed by atoms with van der Waals surface area (Å²) in [6, 6.07) is 11.6. The average molecular weight is 345 g/mol. The molecule has 1 N–H and O–H groups in total. The van der Waals surface area contributed by atoms with Gasteiger partial charge in [0.1, 0.15) is 11.6 Å². The Kier molecular flexibility index (Phi) is 4.92. The van der Waals surface area contributed by atoms with Crippen molar-refractivity contribution in [1.82, 2.24) is 4.90 Å². The first kappa shape index (κ1) is 16.9. The molecule has 0 atom stereocenters. The Morgan fingerprint density at radius 1 is 0.880 bits per heavy atom. The van der Waals surface area contributed by atoms with Gasteiger partial charge >= 0.3 is 11.8 Å². The highest BCUT2D eigenvalue weighted by Crippen LogP contribution is 2.20. The van der Waals surface area contributed by atoms with Crippen LogP contribution in [0.3, 0.4) is 0 Å². The molecule has 1 saturated heterocycles. The largest absolute Gasteiger partial charge is 0.366 e. The lowest BCUT2D eigenvalue weighted by Crippen LogP contribution is -2.51. The second-order valence-corrected chi connectivity index (χ2v) is 5.69. The van der Waals surface area contributed by atoms with E-state index in [0.29, 0.717) is 37.6 Å². The van der Waals surface area contributed by atoms with Crippen LogP contribution in [0.2, 0.25) is 0 Å². The van der Waals surface area contributed by atoms with E-state index in [1.807, 2.05) is 4.90 Å². The highest BCUT2D eigenvalue weighted by atomic mass is 19.1. The highest BCUT2D eigenvalue weighted by Gasteiger charge is 2.26. The monoisotopic (exact) mass is 345 g/mol. The van der Waals surface area contributed by atoms with Gasteiger partial charge in [-0.15, -0.1) is 0 Å². The van der Waals surface area contributed by atoms with Crippen LogP contribution in [-0.2, 0) is 9.59 Å². The van der Waals surface area contributed by atoms with E-state index in [0.717, 1.165) is 0 Å². The van der Waals surface area contributed by atoms with Gasteiger partial charge in [0.25, 0.3) is 0 Å². The molecule has 2 aromatic carbocycles. The van der Waals surface area contributed by atoms with Crippen molar-refractivity contribution in [3.63, 3.8) is 0 Å². The van der Waals surface area contributed by atoms with Gasteiger partial charge in [0.2, 0.25) is 0 Å². The predicted octanol–water partition coefficient (Wildman–Crippen LogP) is 2.25. The minimum atomic E-state index is -0.772. The number of amides is 2. The van der Waals surface area contributed by atoms with Crippen LogP contribution in [-0.4, -0.2) is 42.9 Å². The molecular formula is C18H17F2N3O2. The van der Waals surface area contributed by atoms with Gasteiger partial charge in [-0.3, -0.25) is 9.59 Å². The Morgan fingerprint density at radius 2 is 1.52 bits per heavy atom. The first-order chi connectivity index (χ1) is 12.0. The first-order valence-corrected chi connectivity index (χ1v) is 7.90. The Morgan fingerprint density at radius 3 is 2.16 bits per heavy atom. The fourth-order valence-corrected chi connectivity index (χ4v) is 2.72. The van der Waals surface area contributed by atoms with Gasteiger partial charge in [-0.25, -0.2) is 8.78 Å². The molecule has 0 radical (unpaired) electrons. The van der Waals surface area contributed by atoms with Crippen LogP contribution in [0.4, 0.5) is 20.2 Å². The summed E-state index contributed by atoms with van der Waals surface area (Å²) < 4.78 is 26.7. The zero-order chi connectivity index (χ0) is 17.8. The molecule has 0 spiro atoms. The van der Waals surface area contributed by atoms with E-state index in [9.17, 15) is 18.4 Å². The summed E-state index contributed by atoms with van der Waals surface area (Å²) in [6.45, 7) is 1.53. The molecule has 0 bridgehead atoms. The first-order valence-electron chi connectivity index (χ1n) is 7.90. The van der Waals surface area contributed by atoms with E-state index >= 15 is 0 Å². The summed E-state index contributed by atoms with van der Waals surface area (Å²) in [5.41, 5.74) is 0.843. The second kappa shape index (κ2) is 7.29. The number of benzene rings is 2. The van der Waals surface area contributed by atoms with Crippen LogP contribution in [0, 0.1) is 11.6 Å². The summed E-state index contributed by atoms with van der Waals surface area (Å²) >= 11 is 0. The average Bonchev–Trinajstić information content (AvgIpc) is 2.63. The molecule has 1 heterocycles. The Balaban J connectivity index is 1.57. The van der Waals surface area contributed by atoms with E-state index < -0.39 is 17.6 Å². The highest BCUT2D eigenvalue weighted by molar-refractivity contribution is 6.39. The fraction of sp³-hybridized carbons (Fsp3) is 0.222. The zero-order valence-electron chi connectivity index (χ0n) is 13.4. The van der Waals surface area contributed by atoms with Crippen LogP contribution in [0.25, 0.3) is 0 Å². The number of nitrogens with zero attached hydrogens (tertiary/aromatic N) is 2. The molecule has 0 saturated carbocycles. The molecule has 2 aromatic rings. The Labute approximate surface area is 143 Å². The molecular weight excluding hydrogens is 328 g/mol. The number of nitrogens with one attached hydrogen (secondary N) is 1. The standard InChI is InChI=1S/C18H17F2N3O2/c19-13-5-7-14(8-6-13)21-17(24)18(25)23-11-9-22(10-12-23)16-4-2-1-3-15(16)20/h1-8H,9-12H2,(H,21,24). The molecule has 0 unspecified atom stereocenters. The summed E-state index contributed by atoms with van der Waals surface area (Å²) in [7, 11) is 0. The smallest absolute Gasteiger partial charge is 0.313 e. The summed E-state index contributed by atoms with van der Waals surface area (Å²) in [4.78, 5) is 27.5. The van der Waals surface area contributed by atoms with E-state index in [-0.39, 0.29) is 5.82 Å².